The normalized spacial score (nSPS) is 12.2. The highest BCUT2D eigenvalue weighted by atomic mass is 32.2. The number of amidine groups is 1. The number of aliphatic imine (C=N–C) groups is 1. The van der Waals surface area contributed by atoms with Gasteiger partial charge in [-0.1, -0.05) is 30.8 Å². The average molecular weight is 337 g/mol. The topological polar surface area (TPSA) is 67.9 Å². The number of ether oxygens (including phenoxy) is 1. The Morgan fingerprint density at radius 3 is 2.61 bits per heavy atom. The van der Waals surface area contributed by atoms with E-state index >= 15 is 0 Å². The number of hydrogen-bond acceptors (Lipinski definition) is 4. The van der Waals surface area contributed by atoms with E-state index in [-0.39, 0.29) is 6.09 Å². The highest BCUT2D eigenvalue weighted by molar-refractivity contribution is 8.13. The molecule has 23 heavy (non-hydrogen) atoms. The second-order valence-electron chi connectivity index (χ2n) is 6.28. The standard InChI is InChI=1S/C17H27N3O2S/c1-7-23-15(18)19-14-10-8-9-13(12(14)2)11-20(6)16(21)22-17(3,4)5/h8-10H,7,11H2,1-6H3,(H2,18,19). The Balaban J connectivity index is 2.90. The summed E-state index contributed by atoms with van der Waals surface area (Å²) in [6.45, 7) is 10.0. The van der Waals surface area contributed by atoms with Crippen LogP contribution in [0.1, 0.15) is 38.8 Å². The van der Waals surface area contributed by atoms with Gasteiger partial charge in [-0.25, -0.2) is 9.79 Å². The molecule has 1 amide bonds. The molecule has 0 heterocycles. The predicted molar refractivity (Wildman–Crippen MR) is 98.3 cm³/mol. The first-order valence-corrected chi connectivity index (χ1v) is 8.62. The van der Waals surface area contributed by atoms with Crippen molar-refractivity contribution in [3.05, 3.63) is 29.3 Å². The number of amides is 1. The smallest absolute Gasteiger partial charge is 0.410 e. The number of carbonyl (C=O) groups is 1. The van der Waals surface area contributed by atoms with Gasteiger partial charge in [0.05, 0.1) is 5.69 Å². The Hall–Kier alpha value is -1.69. The zero-order valence-electron chi connectivity index (χ0n) is 14.8. The molecule has 0 aliphatic heterocycles. The molecule has 0 spiro atoms. The molecule has 2 N–H and O–H groups in total. The minimum absolute atomic E-state index is 0.341. The summed E-state index contributed by atoms with van der Waals surface area (Å²) in [4.78, 5) is 18.1. The fourth-order valence-corrected chi connectivity index (χ4v) is 2.38. The molecule has 0 saturated carbocycles. The number of thioether (sulfide) groups is 1. The quantitative estimate of drug-likeness (QED) is 0.664. The van der Waals surface area contributed by atoms with Crippen LogP contribution in [0.2, 0.25) is 0 Å². The lowest BCUT2D eigenvalue weighted by atomic mass is 10.1. The van der Waals surface area contributed by atoms with Gasteiger partial charge >= 0.3 is 6.09 Å². The molecule has 0 fully saturated rings. The lowest BCUT2D eigenvalue weighted by Gasteiger charge is -2.25. The van der Waals surface area contributed by atoms with Crippen LogP contribution in [0.5, 0.6) is 0 Å². The molecule has 0 saturated heterocycles. The third-order valence-corrected chi connectivity index (χ3v) is 3.73. The van der Waals surface area contributed by atoms with Crippen LogP contribution < -0.4 is 5.73 Å². The van der Waals surface area contributed by atoms with E-state index in [1.54, 1.807) is 11.9 Å². The van der Waals surface area contributed by atoms with Crippen molar-refractivity contribution in [2.45, 2.75) is 46.8 Å². The van der Waals surface area contributed by atoms with Crippen molar-refractivity contribution >= 4 is 28.7 Å². The van der Waals surface area contributed by atoms with Gasteiger partial charge in [-0.05, 0) is 50.6 Å². The number of nitrogens with zero attached hydrogens (tertiary/aromatic N) is 2. The average Bonchev–Trinajstić information content (AvgIpc) is 2.41. The Bertz CT molecular complexity index is 580. The van der Waals surface area contributed by atoms with Gasteiger partial charge in [0, 0.05) is 13.6 Å². The largest absolute Gasteiger partial charge is 0.444 e. The molecule has 1 rings (SSSR count). The van der Waals surface area contributed by atoms with Gasteiger partial charge in [0.1, 0.15) is 5.60 Å². The molecule has 1 aromatic carbocycles. The van der Waals surface area contributed by atoms with E-state index in [4.69, 9.17) is 10.5 Å². The van der Waals surface area contributed by atoms with Crippen LogP contribution >= 0.6 is 11.8 Å². The number of carbonyl (C=O) groups excluding carboxylic acids is 1. The summed E-state index contributed by atoms with van der Waals surface area (Å²) in [5.41, 5.74) is 8.25. The maximum absolute atomic E-state index is 12.1. The second-order valence-corrected chi connectivity index (χ2v) is 7.57. The summed E-state index contributed by atoms with van der Waals surface area (Å²) in [5.74, 6) is 0.884. The fourth-order valence-electron chi connectivity index (χ4n) is 1.92. The van der Waals surface area contributed by atoms with E-state index in [1.807, 2.05) is 52.8 Å². The first kappa shape index (κ1) is 19.4. The van der Waals surface area contributed by atoms with Crippen LogP contribution in [0.3, 0.4) is 0 Å². The minimum atomic E-state index is -0.502. The molecule has 0 radical (unpaired) electrons. The van der Waals surface area contributed by atoms with E-state index in [0.29, 0.717) is 11.7 Å². The number of hydrogen-bond donors (Lipinski definition) is 1. The van der Waals surface area contributed by atoms with Crippen LogP contribution in [0.15, 0.2) is 23.2 Å². The van der Waals surface area contributed by atoms with E-state index < -0.39 is 5.60 Å². The molecular formula is C17H27N3O2S. The second kappa shape index (κ2) is 8.24. The van der Waals surface area contributed by atoms with E-state index in [0.717, 1.165) is 22.6 Å². The maximum atomic E-state index is 12.1. The third-order valence-electron chi connectivity index (χ3n) is 3.05. The van der Waals surface area contributed by atoms with Crippen LogP contribution in [-0.2, 0) is 11.3 Å². The first-order chi connectivity index (χ1) is 10.6. The summed E-state index contributed by atoms with van der Waals surface area (Å²) in [7, 11) is 1.73. The summed E-state index contributed by atoms with van der Waals surface area (Å²) < 4.78 is 5.37. The Morgan fingerprint density at radius 1 is 1.39 bits per heavy atom. The molecule has 0 aliphatic rings. The summed E-state index contributed by atoms with van der Waals surface area (Å²) in [6, 6.07) is 5.84. The lowest BCUT2D eigenvalue weighted by Crippen LogP contribution is -2.33. The minimum Gasteiger partial charge on any atom is -0.444 e. The summed E-state index contributed by atoms with van der Waals surface area (Å²) in [6.07, 6.45) is -0.341. The molecule has 128 valence electrons. The van der Waals surface area contributed by atoms with Crippen LogP contribution in [0.4, 0.5) is 10.5 Å². The van der Waals surface area contributed by atoms with Crippen molar-refractivity contribution < 1.29 is 9.53 Å². The summed E-state index contributed by atoms with van der Waals surface area (Å²) in [5, 5.41) is 0.549. The highest BCUT2D eigenvalue weighted by Crippen LogP contribution is 2.24. The van der Waals surface area contributed by atoms with Crippen molar-refractivity contribution in [2.24, 2.45) is 10.7 Å². The van der Waals surface area contributed by atoms with Gasteiger partial charge in [-0.2, -0.15) is 0 Å². The van der Waals surface area contributed by atoms with E-state index in [9.17, 15) is 4.79 Å². The Kier molecular flexibility index (Phi) is 6.94. The van der Waals surface area contributed by atoms with Gasteiger partial charge in [0.15, 0.2) is 5.17 Å². The highest BCUT2D eigenvalue weighted by Gasteiger charge is 2.20. The van der Waals surface area contributed by atoms with Crippen molar-refractivity contribution in [1.82, 2.24) is 4.90 Å². The van der Waals surface area contributed by atoms with Gasteiger partial charge in [-0.15, -0.1) is 0 Å². The molecule has 0 aromatic heterocycles. The van der Waals surface area contributed by atoms with Crippen LogP contribution in [0, 0.1) is 6.92 Å². The molecule has 0 atom stereocenters. The van der Waals surface area contributed by atoms with Gasteiger partial charge in [-0.3, -0.25) is 0 Å². The van der Waals surface area contributed by atoms with Crippen molar-refractivity contribution in [3.63, 3.8) is 0 Å². The predicted octanol–water partition coefficient (Wildman–Crippen LogP) is 4.06. The molecule has 6 heteroatoms. The van der Waals surface area contributed by atoms with Gasteiger partial charge in [0.2, 0.25) is 0 Å². The molecule has 1 aromatic rings. The van der Waals surface area contributed by atoms with Crippen LogP contribution in [0.25, 0.3) is 0 Å². The lowest BCUT2D eigenvalue weighted by molar-refractivity contribution is 0.0285. The fraction of sp³-hybridized carbons (Fsp3) is 0.529. The Labute approximate surface area is 143 Å². The first-order valence-electron chi connectivity index (χ1n) is 7.63. The van der Waals surface area contributed by atoms with Crippen molar-refractivity contribution in [2.75, 3.05) is 12.8 Å². The monoisotopic (exact) mass is 337 g/mol. The maximum Gasteiger partial charge on any atom is 0.410 e. The van der Waals surface area contributed by atoms with Gasteiger partial charge in [0.25, 0.3) is 0 Å². The number of nitrogens with two attached hydrogens (primary N) is 1. The Morgan fingerprint density at radius 2 is 2.04 bits per heavy atom. The van der Waals surface area contributed by atoms with Crippen molar-refractivity contribution in [3.8, 4) is 0 Å². The van der Waals surface area contributed by atoms with Gasteiger partial charge < -0.3 is 15.4 Å². The van der Waals surface area contributed by atoms with Crippen LogP contribution in [-0.4, -0.2) is 34.6 Å². The molecular weight excluding hydrogens is 310 g/mol. The number of benzene rings is 1. The number of rotatable bonds is 4. The SMILES string of the molecule is CCSC(N)=Nc1cccc(CN(C)C(=O)OC(C)(C)C)c1C. The zero-order valence-corrected chi connectivity index (χ0v) is 15.7. The molecule has 0 aliphatic carbocycles. The molecule has 0 unspecified atom stereocenters. The molecule has 0 bridgehead atoms. The zero-order chi connectivity index (χ0) is 17.6. The van der Waals surface area contributed by atoms with E-state index in [2.05, 4.69) is 4.99 Å². The van der Waals surface area contributed by atoms with E-state index in [1.165, 1.54) is 11.8 Å². The molecule has 5 nitrogen and oxygen atoms in total. The third kappa shape index (κ3) is 6.52. The van der Waals surface area contributed by atoms with Crippen molar-refractivity contribution in [1.29, 1.82) is 0 Å². The summed E-state index contributed by atoms with van der Waals surface area (Å²) >= 11 is 1.51.